The van der Waals surface area contributed by atoms with E-state index >= 15 is 0 Å². The predicted octanol–water partition coefficient (Wildman–Crippen LogP) is 4.77. The molecule has 0 radical (unpaired) electrons. The smallest absolute Gasteiger partial charge is 0.268 e. The average Bonchev–Trinajstić information content (AvgIpc) is 2.49. The van der Waals surface area contributed by atoms with Gasteiger partial charge in [0.05, 0.1) is 5.69 Å². The summed E-state index contributed by atoms with van der Waals surface area (Å²) < 4.78 is -1.97. The Kier molecular flexibility index (Phi) is 5.23. The largest absolute Gasteiger partial charge is 0.323 e. The highest BCUT2D eigenvalue weighted by Gasteiger charge is 2.39. The van der Waals surface area contributed by atoms with Crippen molar-refractivity contribution in [3.8, 4) is 0 Å². The number of halogens is 3. The Bertz CT molecular complexity index is 642. The molecule has 2 aromatic carbocycles. The molecule has 0 heterocycles. The topological polar surface area (TPSA) is 41.5 Å². The van der Waals surface area contributed by atoms with Gasteiger partial charge in [-0.2, -0.15) is 0 Å². The molecular weight excluding hydrogens is 331 g/mol. The molecule has 0 aromatic heterocycles. The standard InChI is InChI=1S/C15H11Cl3N2O/c16-13(19-11-7-3-1-4-8-11)15(17,18)14(21)20-12-9-5-2-6-10-12/h1-10H,(H,20,21)/b19-13-. The minimum absolute atomic E-state index is 0.217. The monoisotopic (exact) mass is 340 g/mol. The molecule has 6 heteroatoms. The van der Waals surface area contributed by atoms with Crippen LogP contribution in [0.3, 0.4) is 0 Å². The van der Waals surface area contributed by atoms with Crippen LogP contribution in [0.25, 0.3) is 0 Å². The summed E-state index contributed by atoms with van der Waals surface area (Å²) in [6, 6.07) is 17.7. The maximum absolute atomic E-state index is 12.1. The van der Waals surface area contributed by atoms with Crippen LogP contribution in [0.2, 0.25) is 0 Å². The molecule has 0 bridgehead atoms. The molecule has 0 spiro atoms. The van der Waals surface area contributed by atoms with E-state index in [1.54, 1.807) is 48.5 Å². The summed E-state index contributed by atoms with van der Waals surface area (Å²) in [5, 5.41) is 2.36. The molecule has 0 saturated carbocycles. The number of nitrogens with one attached hydrogen (secondary N) is 1. The lowest BCUT2D eigenvalue weighted by Crippen LogP contribution is -2.37. The molecule has 2 aromatic rings. The molecule has 2 rings (SSSR count). The second kappa shape index (κ2) is 6.94. The first-order valence-corrected chi connectivity index (χ1v) is 7.17. The van der Waals surface area contributed by atoms with E-state index in [0.717, 1.165) is 0 Å². The Hall–Kier alpha value is -1.55. The van der Waals surface area contributed by atoms with Crippen LogP contribution in [0.4, 0.5) is 11.4 Å². The molecule has 108 valence electrons. The highest BCUT2D eigenvalue weighted by molar-refractivity contribution is 6.85. The van der Waals surface area contributed by atoms with E-state index in [2.05, 4.69) is 10.3 Å². The summed E-state index contributed by atoms with van der Waals surface area (Å²) in [5.74, 6) is -0.665. The SMILES string of the molecule is O=C(Nc1ccccc1)C(Cl)(Cl)/C(Cl)=N/c1ccccc1. The molecule has 0 aliphatic heterocycles. The lowest BCUT2D eigenvalue weighted by atomic mass is 10.3. The number of alkyl halides is 2. The number of amides is 1. The van der Waals surface area contributed by atoms with Gasteiger partial charge in [-0.1, -0.05) is 71.2 Å². The van der Waals surface area contributed by atoms with E-state index in [9.17, 15) is 4.79 Å². The first-order chi connectivity index (χ1) is 10.00. The Morgan fingerprint density at radius 1 is 0.952 bits per heavy atom. The molecule has 0 saturated heterocycles. The van der Waals surface area contributed by atoms with E-state index in [4.69, 9.17) is 34.8 Å². The summed E-state index contributed by atoms with van der Waals surface area (Å²) in [6.07, 6.45) is 0. The van der Waals surface area contributed by atoms with Gasteiger partial charge in [-0.05, 0) is 24.3 Å². The summed E-state index contributed by atoms with van der Waals surface area (Å²) >= 11 is 18.0. The summed E-state index contributed by atoms with van der Waals surface area (Å²) in [6.45, 7) is 0. The second-order valence-electron chi connectivity index (χ2n) is 4.13. The van der Waals surface area contributed by atoms with Gasteiger partial charge in [0, 0.05) is 5.69 Å². The Morgan fingerprint density at radius 3 is 2.05 bits per heavy atom. The number of hydrogen-bond acceptors (Lipinski definition) is 2. The number of rotatable bonds is 4. The van der Waals surface area contributed by atoms with Crippen LogP contribution in [0.15, 0.2) is 65.7 Å². The molecule has 0 aliphatic carbocycles. The third-order valence-electron chi connectivity index (χ3n) is 2.56. The number of benzene rings is 2. The van der Waals surface area contributed by atoms with Crippen LogP contribution < -0.4 is 5.32 Å². The highest BCUT2D eigenvalue weighted by atomic mass is 35.5. The Morgan fingerprint density at radius 2 is 1.48 bits per heavy atom. The van der Waals surface area contributed by atoms with E-state index in [1.807, 2.05) is 12.1 Å². The molecule has 0 fully saturated rings. The van der Waals surface area contributed by atoms with E-state index in [0.29, 0.717) is 11.4 Å². The molecule has 1 amide bonds. The lowest BCUT2D eigenvalue weighted by molar-refractivity contribution is -0.115. The Labute approximate surface area is 137 Å². The quantitative estimate of drug-likeness (QED) is 0.632. The van der Waals surface area contributed by atoms with Gasteiger partial charge < -0.3 is 5.32 Å². The van der Waals surface area contributed by atoms with Gasteiger partial charge in [0.25, 0.3) is 5.91 Å². The van der Waals surface area contributed by atoms with Crippen LogP contribution >= 0.6 is 34.8 Å². The van der Waals surface area contributed by atoms with Crippen LogP contribution in [0, 0.1) is 0 Å². The summed E-state index contributed by atoms with van der Waals surface area (Å²) in [7, 11) is 0. The number of nitrogens with zero attached hydrogens (tertiary/aromatic N) is 1. The van der Waals surface area contributed by atoms with Crippen molar-refractivity contribution in [3.63, 3.8) is 0 Å². The molecule has 1 N–H and O–H groups in total. The van der Waals surface area contributed by atoms with E-state index in [1.165, 1.54) is 0 Å². The minimum atomic E-state index is -1.97. The van der Waals surface area contributed by atoms with E-state index < -0.39 is 10.2 Å². The first-order valence-electron chi connectivity index (χ1n) is 6.04. The fourth-order valence-corrected chi connectivity index (χ4v) is 1.87. The van der Waals surface area contributed by atoms with Crippen LogP contribution in [0.1, 0.15) is 0 Å². The number of anilines is 1. The molecule has 0 unspecified atom stereocenters. The van der Waals surface area contributed by atoms with E-state index in [-0.39, 0.29) is 5.17 Å². The number of aliphatic imine (C=N–C) groups is 1. The van der Waals surface area contributed by atoms with Gasteiger partial charge in [-0.25, -0.2) is 4.99 Å². The zero-order valence-electron chi connectivity index (χ0n) is 10.8. The molecule has 0 atom stereocenters. The maximum atomic E-state index is 12.1. The second-order valence-corrected chi connectivity index (χ2v) is 5.82. The summed E-state index contributed by atoms with van der Waals surface area (Å²) in [4.78, 5) is 16.2. The molecule has 21 heavy (non-hydrogen) atoms. The minimum Gasteiger partial charge on any atom is -0.323 e. The van der Waals surface area contributed by atoms with Crippen molar-refractivity contribution < 1.29 is 4.79 Å². The van der Waals surface area contributed by atoms with Gasteiger partial charge in [-0.3, -0.25) is 4.79 Å². The normalized spacial score (nSPS) is 12.0. The average molecular weight is 342 g/mol. The van der Waals surface area contributed by atoms with Crippen molar-refractivity contribution in [2.45, 2.75) is 4.33 Å². The third-order valence-corrected chi connectivity index (χ3v) is 3.82. The number of hydrogen-bond donors (Lipinski definition) is 1. The lowest BCUT2D eigenvalue weighted by Gasteiger charge is -2.17. The summed E-state index contributed by atoms with van der Waals surface area (Å²) in [5.41, 5.74) is 1.12. The van der Waals surface area contributed by atoms with Crippen molar-refractivity contribution >= 4 is 57.3 Å². The van der Waals surface area contributed by atoms with Crippen molar-refractivity contribution in [1.29, 1.82) is 0 Å². The van der Waals surface area contributed by atoms with Crippen molar-refractivity contribution in [1.82, 2.24) is 0 Å². The predicted molar refractivity (Wildman–Crippen MR) is 88.9 cm³/mol. The fourth-order valence-electron chi connectivity index (χ4n) is 1.51. The van der Waals surface area contributed by atoms with Crippen molar-refractivity contribution in [2.75, 3.05) is 5.32 Å². The van der Waals surface area contributed by atoms with Crippen LogP contribution in [-0.4, -0.2) is 15.4 Å². The van der Waals surface area contributed by atoms with Gasteiger partial charge in [0.1, 0.15) is 0 Å². The number of para-hydroxylation sites is 2. The molecule has 3 nitrogen and oxygen atoms in total. The zero-order valence-corrected chi connectivity index (χ0v) is 13.0. The van der Waals surface area contributed by atoms with Crippen molar-refractivity contribution in [3.05, 3.63) is 60.7 Å². The van der Waals surface area contributed by atoms with Crippen LogP contribution in [0.5, 0.6) is 0 Å². The Balaban J connectivity index is 2.17. The van der Waals surface area contributed by atoms with Gasteiger partial charge in [0.2, 0.25) is 4.33 Å². The third kappa shape index (κ3) is 4.21. The zero-order chi connectivity index (χ0) is 15.3. The fraction of sp³-hybridized carbons (Fsp3) is 0.0667. The number of carbonyl (C=O) groups is 1. The van der Waals surface area contributed by atoms with Gasteiger partial charge in [-0.15, -0.1) is 0 Å². The van der Waals surface area contributed by atoms with Gasteiger partial charge >= 0.3 is 0 Å². The van der Waals surface area contributed by atoms with Crippen LogP contribution in [-0.2, 0) is 4.79 Å². The molecule has 0 aliphatic rings. The highest BCUT2D eigenvalue weighted by Crippen LogP contribution is 2.29. The molecular formula is C15H11Cl3N2O. The first kappa shape index (κ1) is 15.8. The van der Waals surface area contributed by atoms with Crippen molar-refractivity contribution in [2.24, 2.45) is 4.99 Å². The van der Waals surface area contributed by atoms with Gasteiger partial charge in [0.15, 0.2) is 5.17 Å². The maximum Gasteiger partial charge on any atom is 0.268 e. The number of carbonyl (C=O) groups excluding carboxylic acids is 1.